The molecule has 0 bridgehead atoms. The number of rotatable bonds is 3. The first-order valence-electron chi connectivity index (χ1n) is 6.86. The number of nitrogens with two attached hydrogens (primary N) is 1. The summed E-state index contributed by atoms with van der Waals surface area (Å²) < 4.78 is 0. The van der Waals surface area contributed by atoms with E-state index in [1.54, 1.807) is 0 Å². The Morgan fingerprint density at radius 2 is 1.84 bits per heavy atom. The van der Waals surface area contributed by atoms with E-state index in [0.717, 1.165) is 0 Å². The van der Waals surface area contributed by atoms with Crippen molar-refractivity contribution in [3.8, 4) is 0 Å². The van der Waals surface area contributed by atoms with E-state index in [9.17, 15) is 0 Å². The lowest BCUT2D eigenvalue weighted by Gasteiger charge is -2.23. The van der Waals surface area contributed by atoms with Crippen molar-refractivity contribution in [3.05, 3.63) is 35.4 Å². The Morgan fingerprint density at radius 1 is 1.21 bits per heavy atom. The average Bonchev–Trinajstić information content (AvgIpc) is 2.39. The summed E-state index contributed by atoms with van der Waals surface area (Å²) in [6, 6.07) is 8.95. The van der Waals surface area contributed by atoms with Crippen LogP contribution in [0.1, 0.15) is 43.2 Å². The molecule has 1 saturated carbocycles. The molecule has 1 aromatic carbocycles. The van der Waals surface area contributed by atoms with E-state index in [1.807, 2.05) is 0 Å². The third-order valence-corrected chi connectivity index (χ3v) is 3.51. The van der Waals surface area contributed by atoms with Crippen molar-refractivity contribution in [3.63, 3.8) is 0 Å². The van der Waals surface area contributed by atoms with E-state index in [4.69, 9.17) is 5.73 Å². The number of aryl methyl sites for hydroxylation is 1. The number of hydrogen-bond acceptors (Lipinski definition) is 1. The second-order valence-electron chi connectivity index (χ2n) is 5.17. The van der Waals surface area contributed by atoms with Crippen LogP contribution in [0.2, 0.25) is 0 Å². The molecule has 1 aliphatic rings. The Morgan fingerprint density at radius 3 is 2.47 bits per heavy atom. The standard InChI is InChI=1S/C15H23N3.HI/c1-12-7-9-13(10-8-12)11-17-15(16)18-14-5-3-2-4-6-14;/h7-10,14H,2-6,11H2,1H3,(H3,16,17,18);1H. The second-order valence-corrected chi connectivity index (χ2v) is 5.17. The van der Waals surface area contributed by atoms with Gasteiger partial charge in [-0.25, -0.2) is 4.99 Å². The van der Waals surface area contributed by atoms with Gasteiger partial charge in [0.1, 0.15) is 0 Å². The van der Waals surface area contributed by atoms with Crippen LogP contribution in [0.4, 0.5) is 0 Å². The average molecular weight is 373 g/mol. The number of nitrogens with one attached hydrogen (secondary N) is 1. The number of halogens is 1. The minimum absolute atomic E-state index is 0. The van der Waals surface area contributed by atoms with Gasteiger partial charge in [-0.05, 0) is 25.3 Å². The Balaban J connectivity index is 0.00000180. The van der Waals surface area contributed by atoms with Crippen molar-refractivity contribution in [2.45, 2.75) is 51.6 Å². The maximum atomic E-state index is 5.92. The van der Waals surface area contributed by atoms with Gasteiger partial charge in [-0.1, -0.05) is 49.1 Å². The molecule has 1 aromatic rings. The number of nitrogens with zero attached hydrogens (tertiary/aromatic N) is 1. The Bertz CT molecular complexity index is 394. The van der Waals surface area contributed by atoms with Crippen LogP contribution >= 0.6 is 24.0 Å². The normalized spacial score (nSPS) is 16.8. The van der Waals surface area contributed by atoms with Crippen LogP contribution in [-0.4, -0.2) is 12.0 Å². The number of guanidine groups is 1. The number of aliphatic imine (C=N–C) groups is 1. The number of benzene rings is 1. The molecule has 19 heavy (non-hydrogen) atoms. The first kappa shape index (κ1) is 16.3. The molecule has 2 rings (SSSR count). The van der Waals surface area contributed by atoms with Gasteiger partial charge in [0.2, 0.25) is 0 Å². The molecule has 1 aliphatic carbocycles. The second kappa shape index (κ2) is 8.40. The Kier molecular flexibility index (Phi) is 7.20. The Labute approximate surface area is 133 Å². The molecule has 0 radical (unpaired) electrons. The van der Waals surface area contributed by atoms with E-state index < -0.39 is 0 Å². The summed E-state index contributed by atoms with van der Waals surface area (Å²) in [5.41, 5.74) is 8.40. The van der Waals surface area contributed by atoms with Gasteiger partial charge in [0.25, 0.3) is 0 Å². The third kappa shape index (κ3) is 5.80. The lowest BCUT2D eigenvalue weighted by molar-refractivity contribution is 0.412. The first-order valence-corrected chi connectivity index (χ1v) is 6.86. The predicted octanol–water partition coefficient (Wildman–Crippen LogP) is 3.35. The molecule has 0 atom stereocenters. The fourth-order valence-electron chi connectivity index (χ4n) is 2.37. The zero-order valence-electron chi connectivity index (χ0n) is 11.6. The summed E-state index contributed by atoms with van der Waals surface area (Å²) in [5, 5.41) is 3.33. The highest BCUT2D eigenvalue weighted by molar-refractivity contribution is 14.0. The lowest BCUT2D eigenvalue weighted by atomic mass is 9.96. The first-order chi connectivity index (χ1) is 8.74. The van der Waals surface area contributed by atoms with Crippen molar-refractivity contribution >= 4 is 29.9 Å². The van der Waals surface area contributed by atoms with Gasteiger partial charge in [-0.2, -0.15) is 0 Å². The molecule has 0 unspecified atom stereocenters. The monoisotopic (exact) mass is 373 g/mol. The van der Waals surface area contributed by atoms with Crippen LogP contribution in [0.25, 0.3) is 0 Å². The molecular weight excluding hydrogens is 349 g/mol. The predicted molar refractivity (Wildman–Crippen MR) is 91.9 cm³/mol. The molecule has 0 aromatic heterocycles. The van der Waals surface area contributed by atoms with Gasteiger partial charge in [-0.15, -0.1) is 24.0 Å². The van der Waals surface area contributed by atoms with Crippen molar-refractivity contribution in [2.24, 2.45) is 10.7 Å². The molecule has 0 heterocycles. The third-order valence-electron chi connectivity index (χ3n) is 3.51. The molecule has 106 valence electrons. The van der Waals surface area contributed by atoms with Crippen LogP contribution in [0, 0.1) is 6.92 Å². The van der Waals surface area contributed by atoms with Crippen molar-refractivity contribution in [2.75, 3.05) is 0 Å². The molecule has 0 amide bonds. The minimum atomic E-state index is 0. The maximum absolute atomic E-state index is 5.92. The van der Waals surface area contributed by atoms with Crippen LogP contribution in [-0.2, 0) is 6.54 Å². The van der Waals surface area contributed by atoms with Gasteiger partial charge in [0.05, 0.1) is 6.54 Å². The SMILES string of the molecule is Cc1ccc(CN=C(N)NC2CCCCC2)cc1.I. The highest BCUT2D eigenvalue weighted by Gasteiger charge is 2.13. The highest BCUT2D eigenvalue weighted by atomic mass is 127. The molecular formula is C15H24IN3. The topological polar surface area (TPSA) is 50.4 Å². The van der Waals surface area contributed by atoms with Crippen molar-refractivity contribution in [1.29, 1.82) is 0 Å². The molecule has 1 fully saturated rings. The van der Waals surface area contributed by atoms with Gasteiger partial charge in [0.15, 0.2) is 5.96 Å². The fourth-order valence-corrected chi connectivity index (χ4v) is 2.37. The summed E-state index contributed by atoms with van der Waals surface area (Å²) in [6.07, 6.45) is 6.42. The van der Waals surface area contributed by atoms with Gasteiger partial charge in [0, 0.05) is 6.04 Å². The fraction of sp³-hybridized carbons (Fsp3) is 0.533. The smallest absolute Gasteiger partial charge is 0.189 e. The van der Waals surface area contributed by atoms with E-state index in [-0.39, 0.29) is 24.0 Å². The number of hydrogen-bond donors (Lipinski definition) is 2. The summed E-state index contributed by atoms with van der Waals surface area (Å²) in [4.78, 5) is 4.40. The lowest BCUT2D eigenvalue weighted by Crippen LogP contribution is -2.41. The van der Waals surface area contributed by atoms with Gasteiger partial charge in [-0.3, -0.25) is 0 Å². The van der Waals surface area contributed by atoms with Crippen LogP contribution in [0.3, 0.4) is 0 Å². The van der Waals surface area contributed by atoms with Gasteiger partial charge >= 0.3 is 0 Å². The molecule has 3 N–H and O–H groups in total. The molecule has 0 saturated heterocycles. The molecule has 0 spiro atoms. The van der Waals surface area contributed by atoms with Crippen LogP contribution in [0.5, 0.6) is 0 Å². The summed E-state index contributed by atoms with van der Waals surface area (Å²) in [5.74, 6) is 0.586. The van der Waals surface area contributed by atoms with E-state index in [1.165, 1.54) is 43.2 Å². The van der Waals surface area contributed by atoms with Crippen LogP contribution in [0.15, 0.2) is 29.3 Å². The summed E-state index contributed by atoms with van der Waals surface area (Å²) in [7, 11) is 0. The molecule has 4 heteroatoms. The van der Waals surface area contributed by atoms with Crippen molar-refractivity contribution in [1.82, 2.24) is 5.32 Å². The zero-order chi connectivity index (χ0) is 12.8. The van der Waals surface area contributed by atoms with Crippen LogP contribution < -0.4 is 11.1 Å². The quantitative estimate of drug-likeness (QED) is 0.485. The zero-order valence-corrected chi connectivity index (χ0v) is 13.9. The van der Waals surface area contributed by atoms with E-state index in [0.29, 0.717) is 18.5 Å². The maximum Gasteiger partial charge on any atom is 0.189 e. The molecule has 0 aliphatic heterocycles. The largest absolute Gasteiger partial charge is 0.370 e. The van der Waals surface area contributed by atoms with Gasteiger partial charge < -0.3 is 11.1 Å². The van der Waals surface area contributed by atoms with Crippen molar-refractivity contribution < 1.29 is 0 Å². The summed E-state index contributed by atoms with van der Waals surface area (Å²) >= 11 is 0. The minimum Gasteiger partial charge on any atom is -0.370 e. The Hall–Kier alpha value is -0.780. The van der Waals surface area contributed by atoms with E-state index >= 15 is 0 Å². The highest BCUT2D eigenvalue weighted by Crippen LogP contribution is 2.17. The molecule has 3 nitrogen and oxygen atoms in total. The summed E-state index contributed by atoms with van der Waals surface area (Å²) in [6.45, 7) is 2.75. The van der Waals surface area contributed by atoms with E-state index in [2.05, 4.69) is 41.5 Å².